The zero-order chi connectivity index (χ0) is 12.4. The fraction of sp³-hybridized carbons (Fsp3) is 0.462. The molecule has 0 fully saturated rings. The maximum atomic E-state index is 12.1. The summed E-state index contributed by atoms with van der Waals surface area (Å²) in [5.74, 6) is 0.0129. The lowest BCUT2D eigenvalue weighted by molar-refractivity contribution is 0.0905. The molecule has 0 spiro atoms. The van der Waals surface area contributed by atoms with Gasteiger partial charge in [0.15, 0.2) is 5.78 Å². The van der Waals surface area contributed by atoms with Crippen molar-refractivity contribution in [2.75, 3.05) is 13.7 Å². The van der Waals surface area contributed by atoms with E-state index in [1.54, 1.807) is 19.2 Å². The van der Waals surface area contributed by atoms with E-state index in [2.05, 4.69) is 0 Å². The number of hydrogen-bond acceptors (Lipinski definition) is 3. The number of hydrogen-bond donors (Lipinski definition) is 1. The minimum atomic E-state index is -0.145. The molecule has 1 aromatic rings. The number of fused-ring (bicyclic) bond motifs is 1. The van der Waals surface area contributed by atoms with Gasteiger partial charge in [-0.1, -0.05) is 11.6 Å². The van der Waals surface area contributed by atoms with Crippen molar-refractivity contribution in [1.29, 1.82) is 0 Å². The summed E-state index contributed by atoms with van der Waals surface area (Å²) >= 11 is 5.92. The van der Waals surface area contributed by atoms with Gasteiger partial charge in [-0.2, -0.15) is 0 Å². The third-order valence-electron chi connectivity index (χ3n) is 3.28. The standard InChI is InChI=1S/C13H16ClNO2/c1-17-5-4-12(15)11-7-8-6-9(14)2-3-10(8)13(11)16/h2-3,6,11-12H,4-5,7,15H2,1H3. The molecule has 0 aliphatic heterocycles. The highest BCUT2D eigenvalue weighted by molar-refractivity contribution is 6.30. The van der Waals surface area contributed by atoms with Crippen LogP contribution in [-0.4, -0.2) is 25.5 Å². The van der Waals surface area contributed by atoms with Crippen molar-refractivity contribution < 1.29 is 9.53 Å². The summed E-state index contributed by atoms with van der Waals surface area (Å²) in [7, 11) is 1.64. The first kappa shape index (κ1) is 12.6. The van der Waals surface area contributed by atoms with E-state index >= 15 is 0 Å². The Balaban J connectivity index is 2.13. The van der Waals surface area contributed by atoms with Crippen LogP contribution in [0.5, 0.6) is 0 Å². The molecular weight excluding hydrogens is 238 g/mol. The van der Waals surface area contributed by atoms with Gasteiger partial charge >= 0.3 is 0 Å². The second kappa shape index (κ2) is 5.17. The van der Waals surface area contributed by atoms with Crippen LogP contribution in [0.2, 0.25) is 5.02 Å². The van der Waals surface area contributed by atoms with E-state index < -0.39 is 0 Å². The smallest absolute Gasteiger partial charge is 0.168 e. The molecule has 1 aliphatic carbocycles. The summed E-state index contributed by atoms with van der Waals surface area (Å²) < 4.78 is 4.99. The molecule has 1 aliphatic rings. The number of rotatable bonds is 4. The van der Waals surface area contributed by atoms with Crippen LogP contribution in [0.3, 0.4) is 0 Å². The molecule has 0 saturated carbocycles. The molecule has 0 heterocycles. The van der Waals surface area contributed by atoms with E-state index in [9.17, 15) is 4.79 Å². The number of Topliss-reactive ketones (excluding diaryl/α,β-unsaturated/α-hetero) is 1. The predicted octanol–water partition coefficient (Wildman–Crippen LogP) is 2.06. The highest BCUT2D eigenvalue weighted by atomic mass is 35.5. The fourth-order valence-corrected chi connectivity index (χ4v) is 2.50. The maximum Gasteiger partial charge on any atom is 0.168 e. The molecule has 0 radical (unpaired) electrons. The second-order valence-corrected chi connectivity index (χ2v) is 4.86. The van der Waals surface area contributed by atoms with Crippen LogP contribution >= 0.6 is 11.6 Å². The van der Waals surface area contributed by atoms with Crippen molar-refractivity contribution in [3.05, 3.63) is 34.3 Å². The van der Waals surface area contributed by atoms with E-state index in [1.807, 2.05) is 6.07 Å². The topological polar surface area (TPSA) is 52.3 Å². The number of carbonyl (C=O) groups excluding carboxylic acids is 1. The SMILES string of the molecule is COCCC(N)C1Cc2cc(Cl)ccc2C1=O. The molecule has 0 saturated heterocycles. The Bertz CT molecular complexity index is 433. The molecule has 0 aromatic heterocycles. The summed E-state index contributed by atoms with van der Waals surface area (Å²) in [4.78, 5) is 12.1. The zero-order valence-electron chi connectivity index (χ0n) is 9.78. The van der Waals surface area contributed by atoms with E-state index in [0.717, 1.165) is 11.1 Å². The molecule has 2 atom stereocenters. The minimum Gasteiger partial charge on any atom is -0.385 e. The Kier molecular flexibility index (Phi) is 3.82. The van der Waals surface area contributed by atoms with Gasteiger partial charge in [0.25, 0.3) is 0 Å². The van der Waals surface area contributed by atoms with Crippen molar-refractivity contribution in [3.63, 3.8) is 0 Å². The van der Waals surface area contributed by atoms with Crippen LogP contribution in [0.15, 0.2) is 18.2 Å². The van der Waals surface area contributed by atoms with Gasteiger partial charge in [0.2, 0.25) is 0 Å². The molecule has 17 heavy (non-hydrogen) atoms. The fourth-order valence-electron chi connectivity index (χ4n) is 2.30. The number of benzene rings is 1. The van der Waals surface area contributed by atoms with Crippen LogP contribution in [0.4, 0.5) is 0 Å². The summed E-state index contributed by atoms with van der Waals surface area (Å²) in [6, 6.07) is 5.26. The average molecular weight is 254 g/mol. The van der Waals surface area contributed by atoms with Gasteiger partial charge in [-0.05, 0) is 36.6 Å². The molecule has 2 rings (SSSR count). The van der Waals surface area contributed by atoms with Gasteiger partial charge in [-0.3, -0.25) is 4.79 Å². The van der Waals surface area contributed by atoms with E-state index in [4.69, 9.17) is 22.1 Å². The van der Waals surface area contributed by atoms with Gasteiger partial charge in [-0.15, -0.1) is 0 Å². The average Bonchev–Trinajstić information content (AvgIpc) is 2.63. The van der Waals surface area contributed by atoms with Crippen LogP contribution in [0, 0.1) is 5.92 Å². The van der Waals surface area contributed by atoms with Crippen LogP contribution in [0.1, 0.15) is 22.3 Å². The Morgan fingerprint density at radius 2 is 2.35 bits per heavy atom. The largest absolute Gasteiger partial charge is 0.385 e. The van der Waals surface area contributed by atoms with Crippen LogP contribution in [-0.2, 0) is 11.2 Å². The lowest BCUT2D eigenvalue weighted by Crippen LogP contribution is -2.34. The molecular formula is C13H16ClNO2. The van der Waals surface area contributed by atoms with Gasteiger partial charge in [0.05, 0.1) is 0 Å². The van der Waals surface area contributed by atoms with Crippen LogP contribution < -0.4 is 5.73 Å². The normalized spacial score (nSPS) is 20.4. The van der Waals surface area contributed by atoms with Crippen molar-refractivity contribution in [1.82, 2.24) is 0 Å². The summed E-state index contributed by atoms with van der Waals surface area (Å²) in [6.45, 7) is 0.585. The number of halogens is 1. The molecule has 2 N–H and O–H groups in total. The predicted molar refractivity (Wildman–Crippen MR) is 67.4 cm³/mol. The van der Waals surface area contributed by atoms with Crippen molar-refractivity contribution in [2.24, 2.45) is 11.7 Å². The maximum absolute atomic E-state index is 12.1. The first-order valence-electron chi connectivity index (χ1n) is 5.70. The molecule has 4 heteroatoms. The highest BCUT2D eigenvalue weighted by Crippen LogP contribution is 2.31. The first-order chi connectivity index (χ1) is 8.13. The third kappa shape index (κ3) is 2.51. The van der Waals surface area contributed by atoms with Crippen LogP contribution in [0.25, 0.3) is 0 Å². The third-order valence-corrected chi connectivity index (χ3v) is 3.52. The van der Waals surface area contributed by atoms with Gasteiger partial charge in [-0.25, -0.2) is 0 Å². The van der Waals surface area contributed by atoms with Crippen molar-refractivity contribution in [3.8, 4) is 0 Å². The monoisotopic (exact) mass is 253 g/mol. The Morgan fingerprint density at radius 3 is 3.06 bits per heavy atom. The molecule has 2 unspecified atom stereocenters. The lowest BCUT2D eigenvalue weighted by Gasteiger charge is -2.16. The minimum absolute atomic E-state index is 0.126. The summed E-state index contributed by atoms with van der Waals surface area (Å²) in [6.07, 6.45) is 1.40. The first-order valence-corrected chi connectivity index (χ1v) is 6.08. The number of carbonyl (C=O) groups is 1. The quantitative estimate of drug-likeness (QED) is 0.894. The summed E-state index contributed by atoms with van der Waals surface area (Å²) in [5.41, 5.74) is 7.82. The number of ether oxygens (including phenoxy) is 1. The van der Waals surface area contributed by atoms with Gasteiger partial charge in [0, 0.05) is 36.3 Å². The summed E-state index contributed by atoms with van der Waals surface area (Å²) in [5, 5.41) is 0.669. The van der Waals surface area contributed by atoms with Gasteiger partial charge < -0.3 is 10.5 Å². The molecule has 0 bridgehead atoms. The highest BCUT2D eigenvalue weighted by Gasteiger charge is 2.34. The molecule has 1 aromatic carbocycles. The Labute approximate surface area is 106 Å². The van der Waals surface area contributed by atoms with E-state index in [0.29, 0.717) is 24.5 Å². The second-order valence-electron chi connectivity index (χ2n) is 4.42. The number of methoxy groups -OCH3 is 1. The molecule has 3 nitrogen and oxygen atoms in total. The lowest BCUT2D eigenvalue weighted by atomic mass is 9.94. The Hall–Kier alpha value is -0.900. The van der Waals surface area contributed by atoms with E-state index in [-0.39, 0.29) is 17.7 Å². The van der Waals surface area contributed by atoms with Crippen molar-refractivity contribution in [2.45, 2.75) is 18.9 Å². The van der Waals surface area contributed by atoms with Gasteiger partial charge in [0.1, 0.15) is 0 Å². The Morgan fingerprint density at radius 1 is 1.59 bits per heavy atom. The molecule has 92 valence electrons. The van der Waals surface area contributed by atoms with E-state index in [1.165, 1.54) is 0 Å². The number of nitrogens with two attached hydrogens (primary N) is 1. The zero-order valence-corrected chi connectivity index (χ0v) is 10.5. The number of ketones is 1. The molecule has 0 amide bonds. The van der Waals surface area contributed by atoms with Crippen molar-refractivity contribution >= 4 is 17.4 Å².